The molecule has 2 aromatic carbocycles. The van der Waals surface area contributed by atoms with Gasteiger partial charge in [-0.15, -0.1) is 0 Å². The summed E-state index contributed by atoms with van der Waals surface area (Å²) in [7, 11) is 0. The van der Waals surface area contributed by atoms with E-state index >= 15 is 0 Å². The van der Waals surface area contributed by atoms with Crippen LogP contribution in [0.25, 0.3) is 0 Å². The van der Waals surface area contributed by atoms with Gasteiger partial charge in [0.25, 0.3) is 0 Å². The molecule has 0 spiro atoms. The van der Waals surface area contributed by atoms with Crippen LogP contribution in [-0.2, 0) is 6.54 Å². The standard InChI is InChI=1S/C14H12F2N2O3/c15-9-4-10(16)6-12(5-9)21-11-1-2-13(17)8(3-11)7-18-14(19)20/h1-6,18H,7,17H2,(H,19,20). The van der Waals surface area contributed by atoms with Crippen LogP contribution in [0.2, 0.25) is 0 Å². The first kappa shape index (κ1) is 14.6. The molecule has 21 heavy (non-hydrogen) atoms. The van der Waals surface area contributed by atoms with Crippen LogP contribution in [0.3, 0.4) is 0 Å². The normalized spacial score (nSPS) is 10.2. The number of anilines is 1. The average molecular weight is 294 g/mol. The Kier molecular flexibility index (Phi) is 4.22. The number of carboxylic acid groups (broad SMARTS) is 1. The van der Waals surface area contributed by atoms with Gasteiger partial charge in [0.1, 0.15) is 23.1 Å². The molecule has 7 heteroatoms. The van der Waals surface area contributed by atoms with Crippen molar-refractivity contribution in [3.63, 3.8) is 0 Å². The first-order valence-electron chi connectivity index (χ1n) is 5.93. The fraction of sp³-hybridized carbons (Fsp3) is 0.0714. The van der Waals surface area contributed by atoms with Crippen molar-refractivity contribution in [1.82, 2.24) is 5.32 Å². The number of nitrogens with one attached hydrogen (secondary N) is 1. The fourth-order valence-corrected chi connectivity index (χ4v) is 1.69. The number of hydrogen-bond donors (Lipinski definition) is 3. The quantitative estimate of drug-likeness (QED) is 0.756. The summed E-state index contributed by atoms with van der Waals surface area (Å²) in [6.07, 6.45) is -1.19. The molecular formula is C14H12F2N2O3. The van der Waals surface area contributed by atoms with Crippen molar-refractivity contribution >= 4 is 11.8 Å². The first-order chi connectivity index (χ1) is 9.94. The minimum Gasteiger partial charge on any atom is -0.465 e. The van der Waals surface area contributed by atoms with Crippen LogP contribution in [0.1, 0.15) is 5.56 Å². The number of nitrogen functional groups attached to an aromatic ring is 1. The van der Waals surface area contributed by atoms with E-state index in [1.54, 1.807) is 0 Å². The summed E-state index contributed by atoms with van der Waals surface area (Å²) >= 11 is 0. The van der Waals surface area contributed by atoms with E-state index in [9.17, 15) is 13.6 Å². The Morgan fingerprint density at radius 2 is 1.81 bits per heavy atom. The van der Waals surface area contributed by atoms with Gasteiger partial charge in [0.2, 0.25) is 0 Å². The zero-order chi connectivity index (χ0) is 15.4. The molecule has 0 saturated heterocycles. The highest BCUT2D eigenvalue weighted by Gasteiger charge is 2.07. The third-order valence-electron chi connectivity index (χ3n) is 2.62. The number of benzene rings is 2. The minimum atomic E-state index is -1.19. The molecule has 0 aliphatic rings. The van der Waals surface area contributed by atoms with Gasteiger partial charge in [-0.3, -0.25) is 0 Å². The van der Waals surface area contributed by atoms with E-state index in [4.69, 9.17) is 15.6 Å². The Bertz CT molecular complexity index is 657. The van der Waals surface area contributed by atoms with Crippen LogP contribution >= 0.6 is 0 Å². The zero-order valence-corrected chi connectivity index (χ0v) is 10.8. The molecule has 0 unspecified atom stereocenters. The van der Waals surface area contributed by atoms with Crippen LogP contribution in [0.15, 0.2) is 36.4 Å². The summed E-state index contributed by atoms with van der Waals surface area (Å²) in [4.78, 5) is 10.5. The van der Waals surface area contributed by atoms with Crippen LogP contribution in [0, 0.1) is 11.6 Å². The van der Waals surface area contributed by atoms with Crippen molar-refractivity contribution in [1.29, 1.82) is 0 Å². The Labute approximate surface area is 119 Å². The molecule has 4 N–H and O–H groups in total. The van der Waals surface area contributed by atoms with Crippen LogP contribution < -0.4 is 15.8 Å². The highest BCUT2D eigenvalue weighted by Crippen LogP contribution is 2.26. The van der Waals surface area contributed by atoms with Gasteiger partial charge in [-0.05, 0) is 23.8 Å². The lowest BCUT2D eigenvalue weighted by Crippen LogP contribution is -2.20. The summed E-state index contributed by atoms with van der Waals surface area (Å²) in [5, 5.41) is 10.7. The maximum absolute atomic E-state index is 13.1. The maximum Gasteiger partial charge on any atom is 0.404 e. The molecule has 0 heterocycles. The second kappa shape index (κ2) is 6.08. The van der Waals surface area contributed by atoms with Gasteiger partial charge >= 0.3 is 6.09 Å². The van der Waals surface area contributed by atoms with E-state index in [0.29, 0.717) is 11.3 Å². The first-order valence-corrected chi connectivity index (χ1v) is 5.93. The summed E-state index contributed by atoms with van der Waals surface area (Å²) in [6, 6.07) is 7.33. The van der Waals surface area contributed by atoms with Gasteiger partial charge in [-0.25, -0.2) is 13.6 Å². The molecule has 110 valence electrons. The SMILES string of the molecule is Nc1ccc(Oc2cc(F)cc(F)c2)cc1CNC(=O)O. The summed E-state index contributed by atoms with van der Waals surface area (Å²) in [5.41, 5.74) is 6.58. The van der Waals surface area contributed by atoms with Gasteiger partial charge in [0.15, 0.2) is 0 Å². The number of nitrogens with two attached hydrogens (primary N) is 1. The molecule has 5 nitrogen and oxygen atoms in total. The number of carbonyl (C=O) groups is 1. The predicted molar refractivity (Wildman–Crippen MR) is 72.2 cm³/mol. The molecule has 0 fully saturated rings. The van der Waals surface area contributed by atoms with E-state index in [0.717, 1.165) is 18.2 Å². The lowest BCUT2D eigenvalue weighted by Gasteiger charge is -2.10. The molecule has 0 aliphatic carbocycles. The number of ether oxygens (including phenoxy) is 1. The van der Waals surface area contributed by atoms with Gasteiger partial charge in [-0.2, -0.15) is 0 Å². The Morgan fingerprint density at radius 3 is 2.43 bits per heavy atom. The smallest absolute Gasteiger partial charge is 0.404 e. The van der Waals surface area contributed by atoms with Gasteiger partial charge < -0.3 is 20.9 Å². The molecule has 0 aromatic heterocycles. The van der Waals surface area contributed by atoms with E-state index < -0.39 is 17.7 Å². The van der Waals surface area contributed by atoms with Gasteiger partial charge in [0.05, 0.1) is 0 Å². The Morgan fingerprint density at radius 1 is 1.14 bits per heavy atom. The Balaban J connectivity index is 2.20. The van der Waals surface area contributed by atoms with Crippen LogP contribution in [0.5, 0.6) is 11.5 Å². The monoisotopic (exact) mass is 294 g/mol. The zero-order valence-electron chi connectivity index (χ0n) is 10.8. The molecule has 2 aromatic rings. The number of rotatable bonds is 4. The third-order valence-corrected chi connectivity index (χ3v) is 2.62. The van der Waals surface area contributed by atoms with Gasteiger partial charge in [0, 0.05) is 30.4 Å². The van der Waals surface area contributed by atoms with E-state index in [-0.39, 0.29) is 18.0 Å². The Hall–Kier alpha value is -2.83. The summed E-state index contributed by atoms with van der Waals surface area (Å²) in [6.45, 7) is -0.00409. The third kappa shape index (κ3) is 4.07. The van der Waals surface area contributed by atoms with Crippen molar-refractivity contribution in [3.8, 4) is 11.5 Å². The summed E-state index contributed by atoms with van der Waals surface area (Å²) < 4.78 is 31.5. The number of halogens is 2. The van der Waals surface area contributed by atoms with Crippen molar-refractivity contribution in [2.24, 2.45) is 0 Å². The van der Waals surface area contributed by atoms with Gasteiger partial charge in [-0.1, -0.05) is 0 Å². The largest absolute Gasteiger partial charge is 0.465 e. The molecule has 0 radical (unpaired) electrons. The molecule has 0 saturated carbocycles. The fourth-order valence-electron chi connectivity index (χ4n) is 1.69. The lowest BCUT2D eigenvalue weighted by atomic mass is 10.1. The molecule has 0 aliphatic heterocycles. The highest BCUT2D eigenvalue weighted by molar-refractivity contribution is 5.65. The highest BCUT2D eigenvalue weighted by atomic mass is 19.1. The molecule has 0 bridgehead atoms. The van der Waals surface area contributed by atoms with Crippen molar-refractivity contribution in [2.75, 3.05) is 5.73 Å². The van der Waals surface area contributed by atoms with Crippen LogP contribution in [-0.4, -0.2) is 11.2 Å². The second-order valence-corrected chi connectivity index (χ2v) is 4.23. The molecule has 2 rings (SSSR count). The minimum absolute atomic E-state index is 0.00409. The predicted octanol–water partition coefficient (Wildman–Crippen LogP) is 3.11. The molecule has 0 atom stereocenters. The second-order valence-electron chi connectivity index (χ2n) is 4.23. The van der Waals surface area contributed by atoms with E-state index in [1.165, 1.54) is 18.2 Å². The van der Waals surface area contributed by atoms with Crippen molar-refractivity contribution in [2.45, 2.75) is 6.54 Å². The van der Waals surface area contributed by atoms with E-state index in [1.807, 2.05) is 0 Å². The lowest BCUT2D eigenvalue weighted by molar-refractivity contribution is 0.194. The number of hydrogen-bond acceptors (Lipinski definition) is 3. The van der Waals surface area contributed by atoms with Crippen LogP contribution in [0.4, 0.5) is 19.3 Å². The topological polar surface area (TPSA) is 84.6 Å². The summed E-state index contributed by atoms with van der Waals surface area (Å²) in [5.74, 6) is -1.23. The van der Waals surface area contributed by atoms with Crippen molar-refractivity contribution < 1.29 is 23.4 Å². The molecular weight excluding hydrogens is 282 g/mol. The van der Waals surface area contributed by atoms with Crippen molar-refractivity contribution in [3.05, 3.63) is 53.6 Å². The molecule has 1 amide bonds. The van der Waals surface area contributed by atoms with E-state index in [2.05, 4.69) is 5.32 Å². The average Bonchev–Trinajstić information content (AvgIpc) is 2.38. The number of amides is 1. The maximum atomic E-state index is 13.1.